The second-order valence-electron chi connectivity index (χ2n) is 4.12. The molecule has 0 radical (unpaired) electrons. The molecule has 2 rings (SSSR count). The Kier molecular flexibility index (Phi) is 4.28. The molecule has 1 aromatic carbocycles. The first kappa shape index (κ1) is 13.7. The highest BCUT2D eigenvalue weighted by atomic mass is 79.9. The molecule has 7 heteroatoms. The van der Waals surface area contributed by atoms with E-state index in [1.807, 2.05) is 19.3 Å². The number of nitro groups is 1. The van der Waals surface area contributed by atoms with Crippen molar-refractivity contribution in [3.05, 3.63) is 56.3 Å². The van der Waals surface area contributed by atoms with Crippen molar-refractivity contribution in [2.45, 2.75) is 13.1 Å². The van der Waals surface area contributed by atoms with Gasteiger partial charge < -0.3 is 5.32 Å². The van der Waals surface area contributed by atoms with E-state index in [1.54, 1.807) is 10.7 Å². The van der Waals surface area contributed by atoms with Gasteiger partial charge in [0.05, 0.1) is 10.6 Å². The minimum Gasteiger partial charge on any atom is -0.307 e. The molecule has 2 aromatic rings. The molecule has 0 fully saturated rings. The predicted molar refractivity (Wildman–Crippen MR) is 74.5 cm³/mol. The first-order valence-corrected chi connectivity index (χ1v) is 6.47. The molecule has 0 aliphatic heterocycles. The maximum absolute atomic E-state index is 10.6. The molecule has 100 valence electrons. The Balaban J connectivity index is 1.94. The molecule has 0 unspecified atom stereocenters. The normalized spacial score (nSPS) is 10.6. The summed E-state index contributed by atoms with van der Waals surface area (Å²) < 4.78 is 2.48. The smallest absolute Gasteiger partial charge is 0.270 e. The molecule has 0 aliphatic rings. The Bertz CT molecular complexity index is 597. The molecule has 0 aliphatic carbocycles. The van der Waals surface area contributed by atoms with Gasteiger partial charge in [-0.25, -0.2) is 0 Å². The van der Waals surface area contributed by atoms with Gasteiger partial charge in [0, 0.05) is 42.9 Å². The van der Waals surface area contributed by atoms with E-state index in [0.717, 1.165) is 15.7 Å². The first-order valence-electron chi connectivity index (χ1n) is 5.68. The summed E-state index contributed by atoms with van der Waals surface area (Å²) in [6.07, 6.45) is 1.89. The van der Waals surface area contributed by atoms with Crippen LogP contribution in [-0.4, -0.2) is 14.7 Å². The number of halogens is 1. The van der Waals surface area contributed by atoms with Gasteiger partial charge in [-0.3, -0.25) is 14.8 Å². The molecule has 0 amide bonds. The van der Waals surface area contributed by atoms with Crippen molar-refractivity contribution in [2.24, 2.45) is 7.05 Å². The lowest BCUT2D eigenvalue weighted by Crippen LogP contribution is -2.13. The topological polar surface area (TPSA) is 73.0 Å². The van der Waals surface area contributed by atoms with E-state index >= 15 is 0 Å². The standard InChI is InChI=1S/C12H13BrN4O2/c1-16-5-4-10(15-16)8-14-7-9-2-3-11(17(18)19)6-12(9)13/h2-6,14H,7-8H2,1H3. The van der Waals surface area contributed by atoms with Gasteiger partial charge in [-0.1, -0.05) is 15.9 Å². The largest absolute Gasteiger partial charge is 0.307 e. The van der Waals surface area contributed by atoms with Crippen molar-refractivity contribution < 1.29 is 4.92 Å². The van der Waals surface area contributed by atoms with Gasteiger partial charge in [-0.2, -0.15) is 5.10 Å². The van der Waals surface area contributed by atoms with Crippen LogP contribution in [0.15, 0.2) is 34.9 Å². The number of aromatic nitrogens is 2. The number of nitrogens with zero attached hydrogens (tertiary/aromatic N) is 3. The number of benzene rings is 1. The summed E-state index contributed by atoms with van der Waals surface area (Å²) >= 11 is 3.34. The number of nitrogens with one attached hydrogen (secondary N) is 1. The molecule has 0 spiro atoms. The first-order chi connectivity index (χ1) is 9.06. The molecule has 0 bridgehead atoms. The fraction of sp³-hybridized carbons (Fsp3) is 0.250. The number of nitro benzene ring substituents is 1. The number of non-ortho nitro benzene ring substituents is 1. The van der Waals surface area contributed by atoms with Crippen LogP contribution in [0.2, 0.25) is 0 Å². The van der Waals surface area contributed by atoms with Gasteiger partial charge in [-0.05, 0) is 17.7 Å². The van der Waals surface area contributed by atoms with Gasteiger partial charge in [-0.15, -0.1) is 0 Å². The fourth-order valence-electron chi connectivity index (χ4n) is 1.68. The van der Waals surface area contributed by atoms with E-state index in [9.17, 15) is 10.1 Å². The van der Waals surface area contributed by atoms with Crippen molar-refractivity contribution in [3.63, 3.8) is 0 Å². The maximum atomic E-state index is 10.6. The summed E-state index contributed by atoms with van der Waals surface area (Å²) in [7, 11) is 1.87. The summed E-state index contributed by atoms with van der Waals surface area (Å²) in [5.41, 5.74) is 2.02. The zero-order chi connectivity index (χ0) is 13.8. The number of aryl methyl sites for hydroxylation is 1. The highest BCUT2D eigenvalue weighted by molar-refractivity contribution is 9.10. The molecule has 0 saturated carbocycles. The highest BCUT2D eigenvalue weighted by Gasteiger charge is 2.08. The summed E-state index contributed by atoms with van der Waals surface area (Å²) in [5, 5.41) is 18.1. The molecule has 19 heavy (non-hydrogen) atoms. The lowest BCUT2D eigenvalue weighted by molar-refractivity contribution is -0.384. The lowest BCUT2D eigenvalue weighted by Gasteiger charge is -2.05. The fourth-order valence-corrected chi connectivity index (χ4v) is 2.18. The third kappa shape index (κ3) is 3.62. The van der Waals surface area contributed by atoms with Crippen LogP contribution in [-0.2, 0) is 20.1 Å². The third-order valence-electron chi connectivity index (χ3n) is 2.64. The molecule has 6 nitrogen and oxygen atoms in total. The zero-order valence-corrected chi connectivity index (χ0v) is 11.9. The van der Waals surface area contributed by atoms with Crippen molar-refractivity contribution in [1.29, 1.82) is 0 Å². The number of hydrogen-bond acceptors (Lipinski definition) is 4. The van der Waals surface area contributed by atoms with Crippen LogP contribution in [0.4, 0.5) is 5.69 Å². The van der Waals surface area contributed by atoms with Crippen molar-refractivity contribution in [2.75, 3.05) is 0 Å². The Morgan fingerprint density at radius 3 is 2.79 bits per heavy atom. The highest BCUT2D eigenvalue weighted by Crippen LogP contribution is 2.22. The number of hydrogen-bond donors (Lipinski definition) is 1. The second-order valence-corrected chi connectivity index (χ2v) is 4.97. The van der Waals surface area contributed by atoms with Crippen LogP contribution in [0.5, 0.6) is 0 Å². The molecule has 1 aromatic heterocycles. The van der Waals surface area contributed by atoms with Crippen LogP contribution < -0.4 is 5.32 Å². The van der Waals surface area contributed by atoms with Gasteiger partial charge in [0.15, 0.2) is 0 Å². The van der Waals surface area contributed by atoms with Crippen LogP contribution in [0, 0.1) is 10.1 Å². The SMILES string of the molecule is Cn1ccc(CNCc2ccc([N+](=O)[O-])cc2Br)n1. The third-order valence-corrected chi connectivity index (χ3v) is 3.38. The number of rotatable bonds is 5. The Hall–Kier alpha value is -1.73. The minimum atomic E-state index is -0.407. The zero-order valence-electron chi connectivity index (χ0n) is 10.3. The Morgan fingerprint density at radius 1 is 1.42 bits per heavy atom. The molecule has 0 atom stereocenters. The second kappa shape index (κ2) is 5.94. The van der Waals surface area contributed by atoms with Crippen LogP contribution in [0.1, 0.15) is 11.3 Å². The molecule has 0 saturated heterocycles. The van der Waals surface area contributed by atoms with Gasteiger partial charge >= 0.3 is 0 Å². The van der Waals surface area contributed by atoms with E-state index in [2.05, 4.69) is 26.3 Å². The average Bonchev–Trinajstić information content (AvgIpc) is 2.77. The summed E-state index contributed by atoms with van der Waals surface area (Å²) in [5.74, 6) is 0. The molecule has 1 N–H and O–H groups in total. The minimum absolute atomic E-state index is 0.0837. The summed E-state index contributed by atoms with van der Waals surface area (Å²) in [6.45, 7) is 1.28. The van der Waals surface area contributed by atoms with E-state index in [4.69, 9.17) is 0 Å². The summed E-state index contributed by atoms with van der Waals surface area (Å²) in [4.78, 5) is 10.2. The Morgan fingerprint density at radius 2 is 2.21 bits per heavy atom. The Labute approximate surface area is 118 Å². The lowest BCUT2D eigenvalue weighted by atomic mass is 10.2. The molecular weight excluding hydrogens is 312 g/mol. The monoisotopic (exact) mass is 324 g/mol. The van der Waals surface area contributed by atoms with E-state index < -0.39 is 4.92 Å². The van der Waals surface area contributed by atoms with Crippen molar-refractivity contribution >= 4 is 21.6 Å². The quantitative estimate of drug-likeness (QED) is 0.677. The average molecular weight is 325 g/mol. The van der Waals surface area contributed by atoms with E-state index in [-0.39, 0.29) is 5.69 Å². The molecular formula is C12H13BrN4O2. The van der Waals surface area contributed by atoms with Crippen molar-refractivity contribution in [1.82, 2.24) is 15.1 Å². The maximum Gasteiger partial charge on any atom is 0.270 e. The van der Waals surface area contributed by atoms with Crippen molar-refractivity contribution in [3.8, 4) is 0 Å². The predicted octanol–water partition coefficient (Wildman–Crippen LogP) is 2.38. The molecule has 1 heterocycles. The van der Waals surface area contributed by atoms with E-state index in [1.165, 1.54) is 12.1 Å². The van der Waals surface area contributed by atoms with Crippen LogP contribution >= 0.6 is 15.9 Å². The van der Waals surface area contributed by atoms with Crippen LogP contribution in [0.3, 0.4) is 0 Å². The summed E-state index contributed by atoms with van der Waals surface area (Å²) in [6, 6.07) is 6.70. The van der Waals surface area contributed by atoms with Gasteiger partial charge in [0.2, 0.25) is 0 Å². The van der Waals surface area contributed by atoms with Gasteiger partial charge in [0.25, 0.3) is 5.69 Å². The van der Waals surface area contributed by atoms with Gasteiger partial charge in [0.1, 0.15) is 0 Å². The van der Waals surface area contributed by atoms with E-state index in [0.29, 0.717) is 13.1 Å². The van der Waals surface area contributed by atoms with Crippen LogP contribution in [0.25, 0.3) is 0 Å².